The highest BCUT2D eigenvalue weighted by Crippen LogP contribution is 2.24. The molecule has 0 fully saturated rings. The second-order valence-electron chi connectivity index (χ2n) is 5.93. The highest BCUT2D eigenvalue weighted by Gasteiger charge is 2.19. The first kappa shape index (κ1) is 27.9. The van der Waals surface area contributed by atoms with Crippen LogP contribution in [0.2, 0.25) is 0 Å². The predicted octanol–water partition coefficient (Wildman–Crippen LogP) is 3.18. The van der Waals surface area contributed by atoms with Crippen LogP contribution in [-0.2, 0) is 11.2 Å². The first-order valence-electron chi connectivity index (χ1n) is 9.80. The van der Waals surface area contributed by atoms with Crippen molar-refractivity contribution in [3.63, 3.8) is 0 Å². The molecule has 0 radical (unpaired) electrons. The Morgan fingerprint density at radius 3 is 2.30 bits per heavy atom. The van der Waals surface area contributed by atoms with E-state index in [1.54, 1.807) is 33.1 Å². The van der Waals surface area contributed by atoms with Gasteiger partial charge in [0, 0.05) is 10.2 Å². The number of nitrogen functional groups attached to an aromatic ring is 1. The third kappa shape index (κ3) is 7.62. The second-order valence-corrected chi connectivity index (χ2v) is 6.78. The largest absolute Gasteiger partial charge is 0.497 e. The first-order chi connectivity index (χ1) is 14.2. The highest BCUT2D eigenvalue weighted by molar-refractivity contribution is 9.10. The van der Waals surface area contributed by atoms with Gasteiger partial charge in [0.2, 0.25) is 0 Å². The van der Waals surface area contributed by atoms with Gasteiger partial charge in [0.1, 0.15) is 5.75 Å². The number of pyridine rings is 1. The van der Waals surface area contributed by atoms with E-state index < -0.39 is 13.1 Å². The molecule has 2 aromatic rings. The summed E-state index contributed by atoms with van der Waals surface area (Å²) in [5.41, 5.74) is 9.20. The van der Waals surface area contributed by atoms with Crippen LogP contribution < -0.4 is 15.9 Å². The zero-order valence-electron chi connectivity index (χ0n) is 18.7. The fraction of sp³-hybridized carbons (Fsp3) is 0.429. The summed E-state index contributed by atoms with van der Waals surface area (Å²) in [4.78, 5) is 15.6. The SMILES string of the molecule is CC.CCOC(=O)c1nc(CC)cc(Br)c1N.COc1ccc(C)c(B(O)O)c1C. The van der Waals surface area contributed by atoms with Gasteiger partial charge in [-0.05, 0) is 66.3 Å². The number of carbonyl (C=O) groups excluding carboxylic acids is 1. The van der Waals surface area contributed by atoms with Gasteiger partial charge in [-0.3, -0.25) is 0 Å². The molecule has 166 valence electrons. The monoisotopic (exact) mass is 482 g/mol. The summed E-state index contributed by atoms with van der Waals surface area (Å²) in [6.07, 6.45) is 0.741. The van der Waals surface area contributed by atoms with Crippen molar-refractivity contribution < 1.29 is 24.3 Å². The molecule has 0 amide bonds. The van der Waals surface area contributed by atoms with Crippen molar-refractivity contribution in [1.82, 2.24) is 4.98 Å². The number of hydrogen-bond acceptors (Lipinski definition) is 7. The Bertz CT molecular complexity index is 832. The fourth-order valence-electron chi connectivity index (χ4n) is 2.57. The van der Waals surface area contributed by atoms with Crippen molar-refractivity contribution in [2.75, 3.05) is 19.5 Å². The lowest BCUT2D eigenvalue weighted by Gasteiger charge is -2.12. The van der Waals surface area contributed by atoms with Gasteiger partial charge in [0.15, 0.2) is 5.69 Å². The molecule has 1 heterocycles. The van der Waals surface area contributed by atoms with Crippen LogP contribution >= 0.6 is 15.9 Å². The lowest BCUT2D eigenvalue weighted by Crippen LogP contribution is -2.34. The topological polar surface area (TPSA) is 115 Å². The molecule has 2 rings (SSSR count). The zero-order chi connectivity index (χ0) is 23.4. The minimum atomic E-state index is -1.44. The number of rotatable bonds is 5. The van der Waals surface area contributed by atoms with Gasteiger partial charge in [0.05, 0.1) is 19.4 Å². The van der Waals surface area contributed by atoms with Crippen LogP contribution in [-0.4, -0.2) is 41.8 Å². The van der Waals surface area contributed by atoms with Crippen LogP contribution in [0.5, 0.6) is 5.75 Å². The van der Waals surface area contributed by atoms with E-state index in [2.05, 4.69) is 20.9 Å². The molecule has 0 saturated carbocycles. The Balaban J connectivity index is 0.000000522. The van der Waals surface area contributed by atoms with Crippen LogP contribution in [0.25, 0.3) is 0 Å². The van der Waals surface area contributed by atoms with E-state index in [9.17, 15) is 4.79 Å². The molecule has 4 N–H and O–H groups in total. The summed E-state index contributed by atoms with van der Waals surface area (Å²) in [6, 6.07) is 5.43. The number of aromatic nitrogens is 1. The zero-order valence-corrected chi connectivity index (χ0v) is 20.3. The molecular formula is C21H32BBrN2O5. The molecule has 0 bridgehead atoms. The Labute approximate surface area is 187 Å². The molecular weight excluding hydrogens is 451 g/mol. The summed E-state index contributed by atoms with van der Waals surface area (Å²) in [6.45, 7) is 11.7. The van der Waals surface area contributed by atoms with Gasteiger partial charge in [-0.15, -0.1) is 0 Å². The number of hydrogen-bond donors (Lipinski definition) is 3. The summed E-state index contributed by atoms with van der Waals surface area (Å²) in [5, 5.41) is 18.2. The van der Waals surface area contributed by atoms with Crippen LogP contribution in [0.1, 0.15) is 55.0 Å². The molecule has 0 unspecified atom stereocenters. The van der Waals surface area contributed by atoms with Crippen molar-refractivity contribution >= 4 is 40.2 Å². The number of esters is 1. The molecule has 9 heteroatoms. The molecule has 0 atom stereocenters. The van der Waals surface area contributed by atoms with E-state index in [1.807, 2.05) is 33.8 Å². The summed E-state index contributed by atoms with van der Waals surface area (Å²) >= 11 is 3.28. The number of aryl methyl sites for hydroxylation is 2. The standard InChI is InChI=1S/C10H13BrN2O2.C9H13BO3.C2H6/c1-3-6-5-7(11)8(12)9(13-6)10(14)15-4-2;1-6-4-5-8(13-3)7(2)9(6)10(11)12;1-2/h5H,3-4,12H2,1-2H3;4-5,11-12H,1-3H3;1-2H3. The number of carbonyl (C=O) groups is 1. The number of benzene rings is 1. The fourth-order valence-corrected chi connectivity index (χ4v) is 3.02. The average molecular weight is 483 g/mol. The van der Waals surface area contributed by atoms with Crippen molar-refractivity contribution in [1.29, 1.82) is 0 Å². The molecule has 0 saturated heterocycles. The van der Waals surface area contributed by atoms with Gasteiger partial charge >= 0.3 is 13.1 Å². The van der Waals surface area contributed by atoms with Gasteiger partial charge < -0.3 is 25.3 Å². The van der Waals surface area contributed by atoms with Crippen LogP contribution in [0, 0.1) is 13.8 Å². The number of anilines is 1. The maximum absolute atomic E-state index is 11.5. The van der Waals surface area contributed by atoms with E-state index in [0.717, 1.165) is 23.2 Å². The Kier molecular flexibility index (Phi) is 13.0. The van der Waals surface area contributed by atoms with Crippen molar-refractivity contribution in [3.8, 4) is 5.75 Å². The number of nitrogens with zero attached hydrogens (tertiary/aromatic N) is 1. The van der Waals surface area contributed by atoms with Crippen molar-refractivity contribution in [2.24, 2.45) is 0 Å². The van der Waals surface area contributed by atoms with E-state index in [1.165, 1.54) is 0 Å². The van der Waals surface area contributed by atoms with Crippen LogP contribution in [0.3, 0.4) is 0 Å². The van der Waals surface area contributed by atoms with Gasteiger partial charge in [-0.25, -0.2) is 9.78 Å². The molecule has 7 nitrogen and oxygen atoms in total. The molecule has 0 aliphatic heterocycles. The average Bonchev–Trinajstić information content (AvgIpc) is 2.72. The maximum Gasteiger partial charge on any atom is 0.489 e. The highest BCUT2D eigenvalue weighted by atomic mass is 79.9. The van der Waals surface area contributed by atoms with Crippen molar-refractivity contribution in [3.05, 3.63) is 45.2 Å². The summed E-state index contributed by atoms with van der Waals surface area (Å²) < 4.78 is 10.6. The Morgan fingerprint density at radius 2 is 1.83 bits per heavy atom. The van der Waals surface area contributed by atoms with Crippen molar-refractivity contribution in [2.45, 2.75) is 48.0 Å². The molecule has 0 aliphatic rings. The minimum absolute atomic E-state index is 0.183. The quantitative estimate of drug-likeness (QED) is 0.442. The second kappa shape index (κ2) is 14.0. The first-order valence-corrected chi connectivity index (χ1v) is 10.6. The molecule has 0 aliphatic carbocycles. The van der Waals surface area contributed by atoms with E-state index in [4.69, 9.17) is 25.3 Å². The number of ether oxygens (including phenoxy) is 2. The molecule has 0 spiro atoms. The maximum atomic E-state index is 11.5. The third-order valence-corrected chi connectivity index (χ3v) is 4.71. The van der Waals surface area contributed by atoms with Gasteiger partial charge in [0.25, 0.3) is 0 Å². The van der Waals surface area contributed by atoms with Crippen LogP contribution in [0.4, 0.5) is 5.69 Å². The third-order valence-electron chi connectivity index (χ3n) is 4.05. The number of halogens is 1. The van der Waals surface area contributed by atoms with E-state index in [0.29, 0.717) is 28.0 Å². The molecule has 30 heavy (non-hydrogen) atoms. The smallest absolute Gasteiger partial charge is 0.489 e. The lowest BCUT2D eigenvalue weighted by atomic mass is 9.74. The van der Waals surface area contributed by atoms with Gasteiger partial charge in [-0.1, -0.05) is 32.4 Å². The molecule has 1 aromatic carbocycles. The minimum Gasteiger partial charge on any atom is -0.497 e. The normalized spacial score (nSPS) is 9.53. The van der Waals surface area contributed by atoms with Crippen LogP contribution in [0.15, 0.2) is 22.7 Å². The number of nitrogens with two attached hydrogens (primary N) is 1. The number of methoxy groups -OCH3 is 1. The Hall–Kier alpha value is -2.10. The summed E-state index contributed by atoms with van der Waals surface area (Å²) in [7, 11) is 0.126. The molecule has 1 aromatic heterocycles. The van der Waals surface area contributed by atoms with E-state index in [-0.39, 0.29) is 5.69 Å². The predicted molar refractivity (Wildman–Crippen MR) is 125 cm³/mol. The Morgan fingerprint density at radius 1 is 1.23 bits per heavy atom. The van der Waals surface area contributed by atoms with E-state index >= 15 is 0 Å². The van der Waals surface area contributed by atoms with Gasteiger partial charge in [-0.2, -0.15) is 0 Å². The summed E-state index contributed by atoms with van der Waals surface area (Å²) in [5.74, 6) is 0.194. The lowest BCUT2D eigenvalue weighted by molar-refractivity contribution is 0.0520.